The van der Waals surface area contributed by atoms with Crippen LogP contribution in [0, 0.1) is 0 Å². The van der Waals surface area contributed by atoms with E-state index in [0.29, 0.717) is 0 Å². The van der Waals surface area contributed by atoms with Gasteiger partial charge >= 0.3 is 0 Å². The molecular weight excluding hydrogens is 248 g/mol. The molecule has 4 nitrogen and oxygen atoms in total. The summed E-state index contributed by atoms with van der Waals surface area (Å²) in [6, 6.07) is 15.1. The molecule has 1 aromatic heterocycles. The summed E-state index contributed by atoms with van der Waals surface area (Å²) in [5, 5.41) is 14.6. The predicted octanol–water partition coefficient (Wildman–Crippen LogP) is 2.76. The third-order valence-corrected chi connectivity index (χ3v) is 3.96. The SMILES string of the molecule is CC1NCCn2c(-c3ccc4ccccc4c3)nnc21. The van der Waals surface area contributed by atoms with Crippen LogP contribution in [0.5, 0.6) is 0 Å². The summed E-state index contributed by atoms with van der Waals surface area (Å²) < 4.78 is 2.23. The van der Waals surface area contributed by atoms with E-state index in [-0.39, 0.29) is 6.04 Å². The lowest BCUT2D eigenvalue weighted by atomic mass is 10.1. The van der Waals surface area contributed by atoms with Gasteiger partial charge in [0.2, 0.25) is 0 Å². The molecule has 1 aliphatic heterocycles. The Balaban J connectivity index is 1.87. The van der Waals surface area contributed by atoms with Crippen molar-refractivity contribution in [2.24, 2.45) is 0 Å². The zero-order valence-electron chi connectivity index (χ0n) is 11.4. The predicted molar refractivity (Wildman–Crippen MR) is 79.4 cm³/mol. The highest BCUT2D eigenvalue weighted by molar-refractivity contribution is 5.86. The van der Waals surface area contributed by atoms with Crippen molar-refractivity contribution in [1.82, 2.24) is 20.1 Å². The Bertz CT molecular complexity index is 775. The summed E-state index contributed by atoms with van der Waals surface area (Å²) in [6.07, 6.45) is 0. The second-order valence-electron chi connectivity index (χ2n) is 5.27. The maximum absolute atomic E-state index is 4.40. The van der Waals surface area contributed by atoms with Crippen molar-refractivity contribution >= 4 is 10.8 Å². The van der Waals surface area contributed by atoms with Gasteiger partial charge in [-0.3, -0.25) is 0 Å². The number of rotatable bonds is 1. The van der Waals surface area contributed by atoms with Crippen molar-refractivity contribution in [2.75, 3.05) is 6.54 Å². The highest BCUT2D eigenvalue weighted by Gasteiger charge is 2.21. The zero-order valence-corrected chi connectivity index (χ0v) is 11.4. The van der Waals surface area contributed by atoms with Gasteiger partial charge in [0.1, 0.15) is 5.82 Å². The normalized spacial score (nSPS) is 18.1. The average molecular weight is 264 g/mol. The van der Waals surface area contributed by atoms with Gasteiger partial charge < -0.3 is 9.88 Å². The van der Waals surface area contributed by atoms with Gasteiger partial charge in [-0.15, -0.1) is 10.2 Å². The molecule has 0 saturated carbocycles. The van der Waals surface area contributed by atoms with Crippen molar-refractivity contribution < 1.29 is 0 Å². The minimum Gasteiger partial charge on any atom is -0.308 e. The largest absolute Gasteiger partial charge is 0.308 e. The van der Waals surface area contributed by atoms with Crippen molar-refractivity contribution in [3.8, 4) is 11.4 Å². The first-order valence-electron chi connectivity index (χ1n) is 6.98. The standard InChI is InChI=1S/C16H16N4/c1-11-15-18-19-16(20(15)9-8-17-11)14-7-6-12-4-2-3-5-13(12)10-14/h2-7,10-11,17H,8-9H2,1H3. The van der Waals surface area contributed by atoms with E-state index < -0.39 is 0 Å². The average Bonchev–Trinajstić information content (AvgIpc) is 2.92. The molecule has 0 amide bonds. The molecule has 0 fully saturated rings. The number of hydrogen-bond donors (Lipinski definition) is 1. The molecule has 100 valence electrons. The Morgan fingerprint density at radius 3 is 2.85 bits per heavy atom. The van der Waals surface area contributed by atoms with Crippen LogP contribution in [-0.2, 0) is 6.54 Å². The molecule has 1 aliphatic rings. The van der Waals surface area contributed by atoms with Crippen LogP contribution >= 0.6 is 0 Å². The summed E-state index contributed by atoms with van der Waals surface area (Å²) in [4.78, 5) is 0. The Morgan fingerprint density at radius 2 is 1.95 bits per heavy atom. The minimum absolute atomic E-state index is 0.269. The first-order chi connectivity index (χ1) is 9.83. The number of aromatic nitrogens is 3. The molecule has 2 heterocycles. The molecule has 0 saturated heterocycles. The van der Waals surface area contributed by atoms with Gasteiger partial charge in [0.05, 0.1) is 6.04 Å². The molecular formula is C16H16N4. The molecule has 0 radical (unpaired) electrons. The number of nitrogens with zero attached hydrogens (tertiary/aromatic N) is 3. The summed E-state index contributed by atoms with van der Waals surface area (Å²) in [5.74, 6) is 2.00. The quantitative estimate of drug-likeness (QED) is 0.735. The van der Waals surface area contributed by atoms with Crippen LogP contribution in [-0.4, -0.2) is 21.3 Å². The van der Waals surface area contributed by atoms with Crippen molar-refractivity contribution in [1.29, 1.82) is 0 Å². The van der Waals surface area contributed by atoms with Crippen LogP contribution in [0.4, 0.5) is 0 Å². The summed E-state index contributed by atoms with van der Waals surface area (Å²) in [5.41, 5.74) is 1.14. The third kappa shape index (κ3) is 1.72. The molecule has 0 bridgehead atoms. The Kier molecular flexibility index (Phi) is 2.57. The molecule has 0 aliphatic carbocycles. The number of nitrogens with one attached hydrogen (secondary N) is 1. The van der Waals surface area contributed by atoms with E-state index >= 15 is 0 Å². The number of fused-ring (bicyclic) bond motifs is 2. The molecule has 1 N–H and O–H groups in total. The maximum atomic E-state index is 4.40. The van der Waals surface area contributed by atoms with Crippen molar-refractivity contribution in [3.63, 3.8) is 0 Å². The molecule has 2 aromatic carbocycles. The monoisotopic (exact) mass is 264 g/mol. The summed E-state index contributed by atoms with van der Waals surface area (Å²) >= 11 is 0. The van der Waals surface area contributed by atoms with Gasteiger partial charge in [-0.1, -0.05) is 36.4 Å². The molecule has 1 atom stereocenters. The van der Waals surface area contributed by atoms with E-state index in [1.165, 1.54) is 10.8 Å². The van der Waals surface area contributed by atoms with Gasteiger partial charge in [-0.25, -0.2) is 0 Å². The number of hydrogen-bond acceptors (Lipinski definition) is 3. The lowest BCUT2D eigenvalue weighted by molar-refractivity contribution is 0.439. The Labute approximate surface area is 117 Å². The first kappa shape index (κ1) is 11.6. The van der Waals surface area contributed by atoms with E-state index in [1.54, 1.807) is 0 Å². The smallest absolute Gasteiger partial charge is 0.164 e. The van der Waals surface area contributed by atoms with Crippen LogP contribution in [0.15, 0.2) is 42.5 Å². The third-order valence-electron chi connectivity index (χ3n) is 3.96. The summed E-state index contributed by atoms with van der Waals surface area (Å²) in [6.45, 7) is 4.02. The molecule has 4 heteroatoms. The fourth-order valence-corrected chi connectivity index (χ4v) is 2.88. The van der Waals surface area contributed by atoms with E-state index in [4.69, 9.17) is 0 Å². The van der Waals surface area contributed by atoms with Gasteiger partial charge in [0, 0.05) is 18.7 Å². The van der Waals surface area contributed by atoms with Crippen molar-refractivity contribution in [3.05, 3.63) is 48.3 Å². The van der Waals surface area contributed by atoms with Crippen LogP contribution in [0.25, 0.3) is 22.2 Å². The van der Waals surface area contributed by atoms with Crippen LogP contribution < -0.4 is 5.32 Å². The second-order valence-corrected chi connectivity index (χ2v) is 5.27. The summed E-state index contributed by atoms with van der Waals surface area (Å²) in [7, 11) is 0. The first-order valence-corrected chi connectivity index (χ1v) is 6.98. The van der Waals surface area contributed by atoms with Crippen LogP contribution in [0.1, 0.15) is 18.8 Å². The maximum Gasteiger partial charge on any atom is 0.164 e. The van der Waals surface area contributed by atoms with Gasteiger partial charge in [-0.05, 0) is 23.8 Å². The van der Waals surface area contributed by atoms with Crippen LogP contribution in [0.3, 0.4) is 0 Å². The zero-order chi connectivity index (χ0) is 13.5. The van der Waals surface area contributed by atoms with E-state index in [9.17, 15) is 0 Å². The number of benzene rings is 2. The molecule has 3 aromatic rings. The van der Waals surface area contributed by atoms with Gasteiger partial charge in [0.25, 0.3) is 0 Å². The lowest BCUT2D eigenvalue weighted by Gasteiger charge is -2.21. The highest BCUT2D eigenvalue weighted by atomic mass is 15.3. The molecule has 1 unspecified atom stereocenters. The topological polar surface area (TPSA) is 42.7 Å². The molecule has 20 heavy (non-hydrogen) atoms. The van der Waals surface area contributed by atoms with Crippen LogP contribution in [0.2, 0.25) is 0 Å². The minimum atomic E-state index is 0.269. The fraction of sp³-hybridized carbons (Fsp3) is 0.250. The van der Waals surface area contributed by atoms with E-state index in [2.05, 4.69) is 69.5 Å². The molecule has 4 rings (SSSR count). The van der Waals surface area contributed by atoms with Gasteiger partial charge in [0.15, 0.2) is 5.82 Å². The molecule has 0 spiro atoms. The Hall–Kier alpha value is -2.20. The lowest BCUT2D eigenvalue weighted by Crippen LogP contribution is -2.32. The van der Waals surface area contributed by atoms with Gasteiger partial charge in [-0.2, -0.15) is 0 Å². The highest BCUT2D eigenvalue weighted by Crippen LogP contribution is 2.26. The van der Waals surface area contributed by atoms with Crippen molar-refractivity contribution in [2.45, 2.75) is 19.5 Å². The van der Waals surface area contributed by atoms with E-state index in [1.807, 2.05) is 0 Å². The second kappa shape index (κ2) is 4.42. The van der Waals surface area contributed by atoms with E-state index in [0.717, 1.165) is 30.3 Å². The fourth-order valence-electron chi connectivity index (χ4n) is 2.88. The Morgan fingerprint density at radius 1 is 1.10 bits per heavy atom.